The van der Waals surface area contributed by atoms with Gasteiger partial charge in [0, 0.05) is 5.39 Å². The van der Waals surface area contributed by atoms with Crippen LogP contribution >= 0.6 is 0 Å². The Labute approximate surface area is 101 Å². The molecule has 0 radical (unpaired) electrons. The Kier molecular flexibility index (Phi) is 2.18. The number of H-pyrrole nitrogens is 1. The van der Waals surface area contributed by atoms with E-state index < -0.39 is 0 Å². The van der Waals surface area contributed by atoms with Crippen LogP contribution in [0.15, 0.2) is 30.3 Å². The molecular formula is C15H16N2. The van der Waals surface area contributed by atoms with Gasteiger partial charge in [-0.05, 0) is 29.9 Å². The number of aromatic nitrogens is 2. The molecule has 17 heavy (non-hydrogen) atoms. The van der Waals surface area contributed by atoms with E-state index >= 15 is 0 Å². The van der Waals surface area contributed by atoms with Crippen LogP contribution in [-0.4, -0.2) is 9.97 Å². The molecule has 3 aromatic rings. The number of hydrogen-bond acceptors (Lipinski definition) is 1. The van der Waals surface area contributed by atoms with Gasteiger partial charge >= 0.3 is 0 Å². The van der Waals surface area contributed by atoms with Gasteiger partial charge in [0.2, 0.25) is 0 Å². The third kappa shape index (κ3) is 1.52. The lowest BCUT2D eigenvalue weighted by atomic mass is 9.95. The third-order valence-electron chi connectivity index (χ3n) is 3.27. The average molecular weight is 224 g/mol. The molecule has 1 heterocycles. The van der Waals surface area contributed by atoms with Gasteiger partial charge in [0.15, 0.2) is 0 Å². The molecule has 1 aromatic heterocycles. The maximum Gasteiger partial charge on any atom is 0.104 e. The molecule has 2 heteroatoms. The zero-order valence-corrected chi connectivity index (χ0v) is 10.4. The highest BCUT2D eigenvalue weighted by Crippen LogP contribution is 2.30. The molecule has 0 aliphatic heterocycles. The first kappa shape index (κ1) is 10.3. The minimum atomic E-state index is 0.521. The van der Waals surface area contributed by atoms with Crippen LogP contribution in [0, 0.1) is 6.92 Å². The summed E-state index contributed by atoms with van der Waals surface area (Å²) in [7, 11) is 0. The standard InChI is InChI=1S/C15H16N2/c1-9(2)12-6-4-5-11-7-8-13-15(14(11)12)17-10(3)16-13/h4-9H,1-3H3,(H,16,17). The topological polar surface area (TPSA) is 28.7 Å². The lowest BCUT2D eigenvalue weighted by Crippen LogP contribution is -1.90. The van der Waals surface area contributed by atoms with E-state index in [2.05, 4.69) is 54.1 Å². The lowest BCUT2D eigenvalue weighted by molar-refractivity contribution is 0.877. The SMILES string of the molecule is Cc1nc2ccc3cccc(C(C)C)c3c2[nH]1. The molecule has 0 unspecified atom stereocenters. The summed E-state index contributed by atoms with van der Waals surface area (Å²) in [5, 5.41) is 2.60. The zero-order chi connectivity index (χ0) is 12.0. The highest BCUT2D eigenvalue weighted by atomic mass is 14.9. The van der Waals surface area contributed by atoms with Crippen molar-refractivity contribution in [3.8, 4) is 0 Å². The van der Waals surface area contributed by atoms with E-state index in [-0.39, 0.29) is 0 Å². The fourth-order valence-electron chi connectivity index (χ4n) is 2.49. The molecular weight excluding hydrogens is 208 g/mol. The van der Waals surface area contributed by atoms with Crippen molar-refractivity contribution in [1.29, 1.82) is 0 Å². The molecule has 0 fully saturated rings. The van der Waals surface area contributed by atoms with Crippen molar-refractivity contribution in [2.24, 2.45) is 0 Å². The van der Waals surface area contributed by atoms with Crippen LogP contribution in [0.3, 0.4) is 0 Å². The maximum atomic E-state index is 4.51. The number of fused-ring (bicyclic) bond motifs is 3. The van der Waals surface area contributed by atoms with Crippen LogP contribution in [0.1, 0.15) is 31.2 Å². The third-order valence-corrected chi connectivity index (χ3v) is 3.27. The summed E-state index contributed by atoms with van der Waals surface area (Å²) < 4.78 is 0. The number of nitrogens with one attached hydrogen (secondary N) is 1. The molecule has 0 atom stereocenters. The Morgan fingerprint density at radius 2 is 1.94 bits per heavy atom. The molecule has 0 spiro atoms. The fraction of sp³-hybridized carbons (Fsp3) is 0.267. The first-order valence-electron chi connectivity index (χ1n) is 6.05. The van der Waals surface area contributed by atoms with Crippen molar-refractivity contribution in [3.05, 3.63) is 41.7 Å². The van der Waals surface area contributed by atoms with Crippen molar-refractivity contribution < 1.29 is 0 Å². The van der Waals surface area contributed by atoms with Gasteiger partial charge in [-0.25, -0.2) is 4.98 Å². The number of imidazole rings is 1. The summed E-state index contributed by atoms with van der Waals surface area (Å²) >= 11 is 0. The first-order chi connectivity index (χ1) is 8.16. The van der Waals surface area contributed by atoms with Gasteiger partial charge in [0.05, 0.1) is 11.0 Å². The smallest absolute Gasteiger partial charge is 0.104 e. The predicted octanol–water partition coefficient (Wildman–Crippen LogP) is 4.15. The molecule has 2 nitrogen and oxygen atoms in total. The Morgan fingerprint density at radius 1 is 1.12 bits per heavy atom. The number of aromatic amines is 1. The minimum absolute atomic E-state index is 0.521. The molecule has 0 aliphatic rings. The highest BCUT2D eigenvalue weighted by Gasteiger charge is 2.10. The van der Waals surface area contributed by atoms with Crippen LogP contribution in [0.2, 0.25) is 0 Å². The van der Waals surface area contributed by atoms with Gasteiger partial charge in [-0.15, -0.1) is 0 Å². The van der Waals surface area contributed by atoms with E-state index in [0.717, 1.165) is 11.3 Å². The number of rotatable bonds is 1. The van der Waals surface area contributed by atoms with Crippen molar-refractivity contribution >= 4 is 21.8 Å². The van der Waals surface area contributed by atoms with Crippen molar-refractivity contribution in [1.82, 2.24) is 9.97 Å². The second-order valence-corrected chi connectivity index (χ2v) is 4.88. The Morgan fingerprint density at radius 3 is 2.71 bits per heavy atom. The van der Waals surface area contributed by atoms with Crippen molar-refractivity contribution in [2.45, 2.75) is 26.7 Å². The maximum absolute atomic E-state index is 4.51. The molecule has 86 valence electrons. The van der Waals surface area contributed by atoms with Gasteiger partial charge in [-0.3, -0.25) is 0 Å². The predicted molar refractivity (Wildman–Crippen MR) is 72.4 cm³/mol. The number of nitrogens with zero attached hydrogens (tertiary/aromatic N) is 1. The monoisotopic (exact) mass is 224 g/mol. The molecule has 1 N–H and O–H groups in total. The second kappa shape index (κ2) is 3.59. The summed E-state index contributed by atoms with van der Waals surface area (Å²) in [6, 6.07) is 10.8. The van der Waals surface area contributed by atoms with Crippen molar-refractivity contribution in [2.75, 3.05) is 0 Å². The van der Waals surface area contributed by atoms with E-state index in [1.807, 2.05) is 6.92 Å². The lowest BCUT2D eigenvalue weighted by Gasteiger charge is -2.10. The summed E-state index contributed by atoms with van der Waals surface area (Å²) in [5.74, 6) is 1.50. The number of benzene rings is 2. The molecule has 3 rings (SSSR count). The van der Waals surface area contributed by atoms with Gasteiger partial charge in [0.25, 0.3) is 0 Å². The molecule has 0 bridgehead atoms. The second-order valence-electron chi connectivity index (χ2n) is 4.88. The van der Waals surface area contributed by atoms with Crippen molar-refractivity contribution in [3.63, 3.8) is 0 Å². The molecule has 2 aromatic carbocycles. The summed E-state index contributed by atoms with van der Waals surface area (Å²) in [6.07, 6.45) is 0. The minimum Gasteiger partial charge on any atom is -0.342 e. The quantitative estimate of drug-likeness (QED) is 0.661. The summed E-state index contributed by atoms with van der Waals surface area (Å²) in [6.45, 7) is 6.47. The number of hydrogen-bond donors (Lipinski definition) is 1. The van der Waals surface area contributed by atoms with Gasteiger partial charge in [-0.1, -0.05) is 38.1 Å². The normalized spacial score (nSPS) is 11.8. The van der Waals surface area contributed by atoms with E-state index in [4.69, 9.17) is 0 Å². The largest absolute Gasteiger partial charge is 0.342 e. The Balaban J connectivity index is 2.53. The molecule has 0 saturated heterocycles. The van der Waals surface area contributed by atoms with E-state index in [0.29, 0.717) is 5.92 Å². The van der Waals surface area contributed by atoms with E-state index in [1.54, 1.807) is 0 Å². The van der Waals surface area contributed by atoms with Gasteiger partial charge in [0.1, 0.15) is 5.82 Å². The molecule has 0 saturated carbocycles. The summed E-state index contributed by atoms with van der Waals surface area (Å²) in [4.78, 5) is 7.89. The molecule has 0 amide bonds. The van der Waals surface area contributed by atoms with Crippen LogP contribution in [-0.2, 0) is 0 Å². The highest BCUT2D eigenvalue weighted by molar-refractivity contribution is 6.06. The van der Waals surface area contributed by atoms with E-state index in [1.165, 1.54) is 21.9 Å². The molecule has 0 aliphatic carbocycles. The van der Waals surface area contributed by atoms with Gasteiger partial charge < -0.3 is 4.98 Å². The van der Waals surface area contributed by atoms with Gasteiger partial charge in [-0.2, -0.15) is 0 Å². The summed E-state index contributed by atoms with van der Waals surface area (Å²) in [5.41, 5.74) is 3.61. The van der Waals surface area contributed by atoms with Crippen LogP contribution in [0.4, 0.5) is 0 Å². The Bertz CT molecular complexity index is 693. The van der Waals surface area contributed by atoms with Crippen LogP contribution in [0.5, 0.6) is 0 Å². The number of aryl methyl sites for hydroxylation is 1. The Hall–Kier alpha value is -1.83. The fourth-order valence-corrected chi connectivity index (χ4v) is 2.49. The average Bonchev–Trinajstić information content (AvgIpc) is 2.68. The van der Waals surface area contributed by atoms with Crippen LogP contribution < -0.4 is 0 Å². The first-order valence-corrected chi connectivity index (χ1v) is 6.05. The van der Waals surface area contributed by atoms with E-state index in [9.17, 15) is 0 Å². The van der Waals surface area contributed by atoms with Crippen LogP contribution in [0.25, 0.3) is 21.8 Å². The zero-order valence-electron chi connectivity index (χ0n) is 10.4.